The van der Waals surface area contributed by atoms with E-state index in [9.17, 15) is 9.18 Å². The highest BCUT2D eigenvalue weighted by molar-refractivity contribution is 5.90. The highest BCUT2D eigenvalue weighted by atomic mass is 19.1. The van der Waals surface area contributed by atoms with Crippen LogP contribution in [0.3, 0.4) is 0 Å². The number of nitrogens with one attached hydrogen (secondary N) is 3. The average Bonchev–Trinajstić information content (AvgIpc) is 3.01. The number of carbonyl (C=O) groups is 1. The second-order valence-corrected chi connectivity index (χ2v) is 6.68. The van der Waals surface area contributed by atoms with Gasteiger partial charge in [0.2, 0.25) is 0 Å². The van der Waals surface area contributed by atoms with Crippen molar-refractivity contribution in [1.29, 1.82) is 0 Å². The van der Waals surface area contributed by atoms with E-state index in [-0.39, 0.29) is 11.7 Å². The number of amides is 1. The van der Waals surface area contributed by atoms with Crippen LogP contribution in [0.25, 0.3) is 0 Å². The van der Waals surface area contributed by atoms with Gasteiger partial charge in [-0.05, 0) is 25.1 Å². The number of methoxy groups -OCH3 is 1. The molecule has 2 heterocycles. The van der Waals surface area contributed by atoms with E-state index in [1.54, 1.807) is 32.2 Å². The standard InChI is InChI=1S/C18H23FN4O3/c1-13-9-17(21-26-13)20-18(24)12-23-7-5-22(6-8-23)11-14-10-15(19)3-4-16(14)25-2/h3-4,9-10H,5-8,11-12H2,1-2H3,(H,20,21,24)/p+2. The first kappa shape index (κ1) is 18.3. The number of aromatic nitrogens is 1. The summed E-state index contributed by atoms with van der Waals surface area (Å²) in [4.78, 5) is 14.7. The van der Waals surface area contributed by atoms with Crippen LogP contribution in [0.5, 0.6) is 5.75 Å². The predicted molar refractivity (Wildman–Crippen MR) is 92.8 cm³/mol. The van der Waals surface area contributed by atoms with E-state index < -0.39 is 0 Å². The third-order valence-electron chi connectivity index (χ3n) is 4.65. The van der Waals surface area contributed by atoms with Crippen LogP contribution in [-0.4, -0.2) is 50.9 Å². The number of piperazine rings is 1. The van der Waals surface area contributed by atoms with Crippen molar-refractivity contribution in [2.75, 3.05) is 45.2 Å². The molecule has 2 aromatic rings. The van der Waals surface area contributed by atoms with Crippen LogP contribution in [0.2, 0.25) is 0 Å². The summed E-state index contributed by atoms with van der Waals surface area (Å²) in [5.41, 5.74) is 0.880. The summed E-state index contributed by atoms with van der Waals surface area (Å²) in [6.07, 6.45) is 0. The lowest BCUT2D eigenvalue weighted by Gasteiger charge is -2.29. The molecule has 0 unspecified atom stereocenters. The van der Waals surface area contributed by atoms with E-state index in [1.165, 1.54) is 15.9 Å². The predicted octanol–water partition coefficient (Wildman–Crippen LogP) is -0.947. The second-order valence-electron chi connectivity index (χ2n) is 6.68. The third kappa shape index (κ3) is 4.80. The molecule has 1 saturated heterocycles. The van der Waals surface area contributed by atoms with Gasteiger partial charge in [-0.25, -0.2) is 4.39 Å². The largest absolute Gasteiger partial charge is 0.496 e. The molecule has 1 aromatic carbocycles. The number of anilines is 1. The summed E-state index contributed by atoms with van der Waals surface area (Å²) in [5, 5.41) is 6.52. The van der Waals surface area contributed by atoms with Crippen LogP contribution in [-0.2, 0) is 11.3 Å². The maximum atomic E-state index is 13.5. The third-order valence-corrected chi connectivity index (χ3v) is 4.65. The monoisotopic (exact) mass is 364 g/mol. The van der Waals surface area contributed by atoms with Crippen LogP contribution < -0.4 is 19.9 Å². The van der Waals surface area contributed by atoms with Crippen molar-refractivity contribution in [2.24, 2.45) is 0 Å². The molecular formula is C18H25FN4O3+2. The number of aryl methyl sites for hydroxylation is 1. The molecule has 0 spiro atoms. The van der Waals surface area contributed by atoms with Crippen molar-refractivity contribution >= 4 is 11.7 Å². The molecule has 1 aliphatic rings. The Morgan fingerprint density at radius 2 is 2.00 bits per heavy atom. The van der Waals surface area contributed by atoms with Gasteiger partial charge >= 0.3 is 0 Å². The topological polar surface area (TPSA) is 73.2 Å². The van der Waals surface area contributed by atoms with E-state index in [1.807, 2.05) is 0 Å². The molecule has 7 nitrogen and oxygen atoms in total. The Morgan fingerprint density at radius 3 is 2.65 bits per heavy atom. The van der Waals surface area contributed by atoms with Crippen molar-refractivity contribution in [2.45, 2.75) is 13.5 Å². The molecule has 1 fully saturated rings. The number of ether oxygens (including phenoxy) is 1. The van der Waals surface area contributed by atoms with Gasteiger partial charge in [-0.1, -0.05) is 5.16 Å². The molecule has 26 heavy (non-hydrogen) atoms. The van der Waals surface area contributed by atoms with Gasteiger partial charge in [-0.2, -0.15) is 0 Å². The Hall–Kier alpha value is -2.45. The molecule has 1 amide bonds. The van der Waals surface area contributed by atoms with Gasteiger partial charge in [-0.15, -0.1) is 0 Å². The van der Waals surface area contributed by atoms with E-state index in [4.69, 9.17) is 9.26 Å². The van der Waals surface area contributed by atoms with Crippen molar-refractivity contribution in [3.63, 3.8) is 0 Å². The Morgan fingerprint density at radius 1 is 1.27 bits per heavy atom. The fourth-order valence-corrected chi connectivity index (χ4v) is 3.30. The summed E-state index contributed by atoms with van der Waals surface area (Å²) in [6.45, 7) is 6.53. The van der Waals surface area contributed by atoms with E-state index in [0.29, 0.717) is 18.1 Å². The van der Waals surface area contributed by atoms with Gasteiger partial charge in [0.1, 0.15) is 50.1 Å². The van der Waals surface area contributed by atoms with E-state index >= 15 is 0 Å². The molecule has 3 rings (SSSR count). The van der Waals surface area contributed by atoms with Crippen LogP contribution in [0, 0.1) is 12.7 Å². The number of hydrogen-bond acceptors (Lipinski definition) is 4. The maximum absolute atomic E-state index is 13.5. The van der Waals surface area contributed by atoms with Gasteiger partial charge in [0.25, 0.3) is 5.91 Å². The second kappa shape index (κ2) is 8.29. The average molecular weight is 364 g/mol. The smallest absolute Gasteiger partial charge is 0.280 e. The fraction of sp³-hybridized carbons (Fsp3) is 0.444. The first-order valence-corrected chi connectivity index (χ1v) is 8.76. The molecule has 1 aromatic heterocycles. The molecule has 0 saturated carbocycles. The zero-order valence-electron chi connectivity index (χ0n) is 15.1. The van der Waals surface area contributed by atoms with Crippen molar-refractivity contribution in [1.82, 2.24) is 5.16 Å². The minimum Gasteiger partial charge on any atom is -0.496 e. The number of halogens is 1. The summed E-state index contributed by atoms with van der Waals surface area (Å²) in [6, 6.07) is 6.32. The van der Waals surface area contributed by atoms with Gasteiger partial charge in [0, 0.05) is 6.07 Å². The summed E-state index contributed by atoms with van der Waals surface area (Å²) < 4.78 is 23.8. The van der Waals surface area contributed by atoms with E-state index in [2.05, 4.69) is 10.5 Å². The lowest BCUT2D eigenvalue weighted by Crippen LogP contribution is -3.28. The molecular weight excluding hydrogens is 339 g/mol. The zero-order valence-corrected chi connectivity index (χ0v) is 15.1. The maximum Gasteiger partial charge on any atom is 0.280 e. The Bertz CT molecular complexity index is 757. The SMILES string of the molecule is COc1ccc(F)cc1C[NH+]1CC[NH+](CC(=O)Nc2cc(C)on2)CC1. The van der Waals surface area contributed by atoms with Crippen molar-refractivity contribution in [3.05, 3.63) is 41.4 Å². The molecule has 0 atom stereocenters. The minimum absolute atomic E-state index is 0.0662. The number of benzene rings is 1. The lowest BCUT2D eigenvalue weighted by atomic mass is 10.1. The van der Waals surface area contributed by atoms with E-state index in [0.717, 1.165) is 44.0 Å². The number of hydrogen-bond donors (Lipinski definition) is 3. The molecule has 0 aliphatic carbocycles. The van der Waals surface area contributed by atoms with Gasteiger partial charge in [0.15, 0.2) is 12.4 Å². The number of carbonyl (C=O) groups excluding carboxylic acids is 1. The van der Waals surface area contributed by atoms with Gasteiger partial charge in [0.05, 0.1) is 12.7 Å². The van der Waals surface area contributed by atoms with Gasteiger partial charge < -0.3 is 24.4 Å². The van der Waals surface area contributed by atoms with Crippen molar-refractivity contribution < 1.29 is 28.2 Å². The fourth-order valence-electron chi connectivity index (χ4n) is 3.30. The molecule has 8 heteroatoms. The minimum atomic E-state index is -0.246. The highest BCUT2D eigenvalue weighted by Gasteiger charge is 2.26. The van der Waals surface area contributed by atoms with Crippen molar-refractivity contribution in [3.8, 4) is 5.75 Å². The first-order valence-electron chi connectivity index (χ1n) is 8.76. The zero-order chi connectivity index (χ0) is 18.5. The Balaban J connectivity index is 1.47. The highest BCUT2D eigenvalue weighted by Crippen LogP contribution is 2.18. The van der Waals surface area contributed by atoms with Crippen LogP contribution >= 0.6 is 0 Å². The van der Waals surface area contributed by atoms with Crippen LogP contribution in [0.15, 0.2) is 28.8 Å². The number of quaternary nitrogens is 2. The van der Waals surface area contributed by atoms with Gasteiger partial charge in [-0.3, -0.25) is 4.79 Å². The molecule has 0 bridgehead atoms. The molecule has 140 valence electrons. The summed E-state index contributed by atoms with van der Waals surface area (Å²) >= 11 is 0. The normalized spacial score (nSPS) is 20.0. The van der Waals surface area contributed by atoms with Crippen LogP contribution in [0.4, 0.5) is 10.2 Å². The summed E-state index contributed by atoms with van der Waals surface area (Å²) in [5.74, 6) is 1.52. The first-order chi connectivity index (χ1) is 12.5. The number of rotatable bonds is 6. The molecule has 1 aliphatic heterocycles. The molecule has 3 N–H and O–H groups in total. The Kier molecular flexibility index (Phi) is 5.85. The number of nitrogens with zero attached hydrogens (tertiary/aromatic N) is 1. The Labute approximate surface area is 151 Å². The quantitative estimate of drug-likeness (QED) is 0.618. The van der Waals surface area contributed by atoms with Crippen LogP contribution in [0.1, 0.15) is 11.3 Å². The summed E-state index contributed by atoms with van der Waals surface area (Å²) in [7, 11) is 1.60. The molecule has 0 radical (unpaired) electrons. The lowest BCUT2D eigenvalue weighted by molar-refractivity contribution is -1.02.